The summed E-state index contributed by atoms with van der Waals surface area (Å²) >= 11 is 0. The average molecular weight is 734 g/mol. The number of hydrogen-bond acceptors (Lipinski definition) is 1. The minimum absolute atomic E-state index is 0.00758. The number of rotatable bonds is 3. The molecule has 282 valence electrons. The lowest BCUT2D eigenvalue weighted by Gasteiger charge is -2.23. The van der Waals surface area contributed by atoms with Crippen molar-refractivity contribution in [3.63, 3.8) is 0 Å². The highest BCUT2D eigenvalue weighted by Gasteiger charge is 2.27. The Morgan fingerprint density at radius 1 is 0.393 bits per heavy atom. The Balaban J connectivity index is 1.59. The molecule has 2 aromatic heterocycles. The molecular formula is C53H55N3. The molecular weight excluding hydrogens is 679 g/mol. The molecule has 0 saturated heterocycles. The van der Waals surface area contributed by atoms with Crippen molar-refractivity contribution < 1.29 is 0 Å². The SMILES string of the molecule is CC(C)(C)c1ccc2c(c1)c1ccc(C(C)(C)C)cc1n2-c1cc(C#N)cc(-n2c3ccc(C(C)(C)C)cc3c3ccc(C(C)(C)C)cc32)c1-c1ccccc1. The molecule has 2 heterocycles. The van der Waals surface area contributed by atoms with Gasteiger partial charge in [-0.25, -0.2) is 0 Å². The number of nitriles is 1. The lowest BCUT2D eigenvalue weighted by Crippen LogP contribution is -2.11. The fraction of sp³-hybridized carbons (Fsp3) is 0.302. The van der Waals surface area contributed by atoms with Gasteiger partial charge >= 0.3 is 0 Å². The van der Waals surface area contributed by atoms with Crippen LogP contribution in [0.1, 0.15) is 111 Å². The van der Waals surface area contributed by atoms with E-state index in [9.17, 15) is 5.26 Å². The van der Waals surface area contributed by atoms with Gasteiger partial charge in [-0.3, -0.25) is 0 Å². The van der Waals surface area contributed by atoms with Gasteiger partial charge < -0.3 is 9.13 Å². The van der Waals surface area contributed by atoms with E-state index in [0.29, 0.717) is 5.56 Å². The summed E-state index contributed by atoms with van der Waals surface area (Å²) in [4.78, 5) is 0. The van der Waals surface area contributed by atoms with Crippen LogP contribution in [0.3, 0.4) is 0 Å². The zero-order chi connectivity index (χ0) is 40.1. The van der Waals surface area contributed by atoms with Crippen molar-refractivity contribution >= 4 is 43.6 Å². The Morgan fingerprint density at radius 2 is 0.768 bits per heavy atom. The number of fused-ring (bicyclic) bond motifs is 6. The second kappa shape index (κ2) is 12.7. The highest BCUT2D eigenvalue weighted by atomic mass is 15.0. The molecule has 0 aliphatic rings. The predicted octanol–water partition coefficient (Wildman–Crippen LogP) is 14.6. The van der Waals surface area contributed by atoms with E-state index in [1.54, 1.807) is 0 Å². The molecule has 0 atom stereocenters. The lowest BCUT2D eigenvalue weighted by atomic mass is 9.85. The van der Waals surface area contributed by atoms with Crippen molar-refractivity contribution in [1.29, 1.82) is 5.26 Å². The molecule has 0 spiro atoms. The number of hydrogen-bond donors (Lipinski definition) is 0. The summed E-state index contributed by atoms with van der Waals surface area (Å²) in [5.41, 5.74) is 14.4. The summed E-state index contributed by atoms with van der Waals surface area (Å²) in [7, 11) is 0. The second-order valence-electron chi connectivity index (χ2n) is 20.0. The molecule has 0 N–H and O–H groups in total. The van der Waals surface area contributed by atoms with Gasteiger partial charge in [-0.1, -0.05) is 150 Å². The summed E-state index contributed by atoms with van der Waals surface area (Å²) in [6.07, 6.45) is 0. The van der Waals surface area contributed by atoms with Gasteiger partial charge in [0.15, 0.2) is 0 Å². The van der Waals surface area contributed by atoms with Crippen molar-refractivity contribution in [3.05, 3.63) is 143 Å². The summed E-state index contributed by atoms with van der Waals surface area (Å²) in [5, 5.41) is 15.7. The van der Waals surface area contributed by atoms with Crippen LogP contribution in [0.25, 0.3) is 66.1 Å². The van der Waals surface area contributed by atoms with E-state index in [1.807, 2.05) is 0 Å². The van der Waals surface area contributed by atoms with Gasteiger partial charge in [0.1, 0.15) is 0 Å². The minimum Gasteiger partial charge on any atom is -0.308 e. The Labute approximate surface area is 333 Å². The van der Waals surface area contributed by atoms with Crippen LogP contribution in [-0.2, 0) is 21.7 Å². The first-order valence-corrected chi connectivity index (χ1v) is 20.1. The van der Waals surface area contributed by atoms with Crippen LogP contribution in [0.4, 0.5) is 0 Å². The van der Waals surface area contributed by atoms with Gasteiger partial charge in [0.05, 0.1) is 45.1 Å². The predicted molar refractivity (Wildman–Crippen MR) is 240 cm³/mol. The maximum atomic E-state index is 10.9. The molecule has 0 unspecified atom stereocenters. The summed E-state index contributed by atoms with van der Waals surface area (Å²) < 4.78 is 4.87. The minimum atomic E-state index is -0.0480. The van der Waals surface area contributed by atoms with E-state index >= 15 is 0 Å². The molecule has 0 radical (unpaired) electrons. The lowest BCUT2D eigenvalue weighted by molar-refractivity contribution is 0.590. The molecule has 3 heteroatoms. The first-order valence-electron chi connectivity index (χ1n) is 20.1. The molecule has 0 aliphatic carbocycles. The van der Waals surface area contributed by atoms with Crippen molar-refractivity contribution in [2.24, 2.45) is 0 Å². The van der Waals surface area contributed by atoms with Crippen LogP contribution in [0.2, 0.25) is 0 Å². The van der Waals surface area contributed by atoms with Crippen LogP contribution in [0, 0.1) is 11.3 Å². The zero-order valence-corrected chi connectivity index (χ0v) is 35.3. The second-order valence-corrected chi connectivity index (χ2v) is 20.0. The highest BCUT2D eigenvalue weighted by molar-refractivity contribution is 6.12. The van der Waals surface area contributed by atoms with Crippen molar-refractivity contribution in [1.82, 2.24) is 9.13 Å². The first kappa shape index (κ1) is 37.3. The maximum absolute atomic E-state index is 10.9. The molecule has 0 saturated carbocycles. The molecule has 0 fully saturated rings. The summed E-state index contributed by atoms with van der Waals surface area (Å²) in [6.45, 7) is 27.4. The van der Waals surface area contributed by atoms with Gasteiger partial charge in [-0.05, 0) is 98.0 Å². The first-order chi connectivity index (χ1) is 26.3. The third-order valence-corrected chi connectivity index (χ3v) is 11.8. The van der Waals surface area contributed by atoms with Crippen LogP contribution in [-0.4, -0.2) is 9.13 Å². The molecule has 8 aromatic rings. The zero-order valence-electron chi connectivity index (χ0n) is 35.3. The fourth-order valence-electron chi connectivity index (χ4n) is 8.36. The van der Waals surface area contributed by atoms with Crippen molar-refractivity contribution in [2.45, 2.75) is 105 Å². The third kappa shape index (κ3) is 6.21. The molecule has 3 nitrogen and oxygen atoms in total. The Bertz CT molecular complexity index is 2710. The van der Waals surface area contributed by atoms with E-state index in [4.69, 9.17) is 0 Å². The van der Waals surface area contributed by atoms with Gasteiger partial charge in [-0.2, -0.15) is 5.26 Å². The Morgan fingerprint density at radius 3 is 1.14 bits per heavy atom. The normalized spacial score (nSPS) is 13.0. The molecule has 0 aliphatic heterocycles. The number of nitrogens with zero attached hydrogens (tertiary/aromatic N) is 3. The van der Waals surface area contributed by atoms with Crippen LogP contribution < -0.4 is 0 Å². The molecule has 56 heavy (non-hydrogen) atoms. The van der Waals surface area contributed by atoms with E-state index in [2.05, 4.69) is 214 Å². The maximum Gasteiger partial charge on any atom is 0.0993 e. The highest BCUT2D eigenvalue weighted by Crippen LogP contribution is 2.45. The smallest absolute Gasteiger partial charge is 0.0993 e. The number of benzene rings is 6. The van der Waals surface area contributed by atoms with Gasteiger partial charge in [0.25, 0.3) is 0 Å². The molecule has 8 rings (SSSR count). The van der Waals surface area contributed by atoms with Crippen molar-refractivity contribution in [2.75, 3.05) is 0 Å². The largest absolute Gasteiger partial charge is 0.308 e. The summed E-state index contributed by atoms with van der Waals surface area (Å²) in [6, 6.07) is 45.5. The van der Waals surface area contributed by atoms with Crippen LogP contribution in [0.5, 0.6) is 0 Å². The van der Waals surface area contributed by atoms with Crippen molar-refractivity contribution in [3.8, 4) is 28.6 Å². The molecule has 0 bridgehead atoms. The molecule has 0 amide bonds. The summed E-state index contributed by atoms with van der Waals surface area (Å²) in [5.74, 6) is 0. The van der Waals surface area contributed by atoms with E-state index in [0.717, 1.165) is 44.6 Å². The van der Waals surface area contributed by atoms with Gasteiger partial charge in [0.2, 0.25) is 0 Å². The van der Waals surface area contributed by atoms with Gasteiger partial charge in [-0.15, -0.1) is 0 Å². The van der Waals surface area contributed by atoms with Crippen LogP contribution >= 0.6 is 0 Å². The van der Waals surface area contributed by atoms with E-state index in [-0.39, 0.29) is 21.7 Å². The Hall–Kier alpha value is -5.59. The fourth-order valence-corrected chi connectivity index (χ4v) is 8.36. The van der Waals surface area contributed by atoms with E-state index in [1.165, 1.54) is 43.8 Å². The quantitative estimate of drug-likeness (QED) is 0.178. The van der Waals surface area contributed by atoms with Crippen LogP contribution in [0.15, 0.2) is 115 Å². The monoisotopic (exact) mass is 733 g/mol. The standard InChI is InChI=1S/C53H55N3/c1-50(2,3)35-20-24-43-41(28-35)39-22-18-37(52(7,8)9)30-45(39)55(43)47-26-33(32-54)27-48(49(47)34-16-14-13-15-17-34)56-44-25-21-36(51(4,5)6)29-42(44)40-23-19-38(31-46(40)56)53(10,11)12/h13-31H,1-12H3. The molecule has 6 aromatic carbocycles. The van der Waals surface area contributed by atoms with Gasteiger partial charge in [0, 0.05) is 27.1 Å². The Kier molecular flexibility index (Phi) is 8.48. The number of aromatic nitrogens is 2. The third-order valence-electron chi connectivity index (χ3n) is 11.8. The van der Waals surface area contributed by atoms with E-state index < -0.39 is 0 Å². The topological polar surface area (TPSA) is 33.6 Å². The average Bonchev–Trinajstić information content (AvgIpc) is 3.64.